The summed E-state index contributed by atoms with van der Waals surface area (Å²) in [6, 6.07) is 37.2. The van der Waals surface area contributed by atoms with Crippen molar-refractivity contribution in [2.45, 2.75) is 6.92 Å². The van der Waals surface area contributed by atoms with Crippen molar-refractivity contribution >= 4 is 57.9 Å². The molecule has 2 heterocycles. The van der Waals surface area contributed by atoms with E-state index < -0.39 is 0 Å². The zero-order chi connectivity index (χ0) is 29.5. The largest absolute Gasteiger partial charge is 0.308 e. The maximum atomic E-state index is 14.3. The van der Waals surface area contributed by atoms with Crippen molar-refractivity contribution in [1.82, 2.24) is 4.57 Å². The minimum Gasteiger partial charge on any atom is -0.308 e. The van der Waals surface area contributed by atoms with Crippen LogP contribution in [0.15, 0.2) is 131 Å². The lowest BCUT2D eigenvalue weighted by Crippen LogP contribution is -2.29. The number of fused-ring (bicyclic) bond motifs is 4. The summed E-state index contributed by atoms with van der Waals surface area (Å²) in [4.78, 5) is 37.4. The second-order valence-electron chi connectivity index (χ2n) is 10.4. The number of hydrogen-bond acceptors (Lipinski definition) is 3. The number of para-hydroxylation sites is 2. The van der Waals surface area contributed by atoms with Crippen molar-refractivity contribution in [1.29, 1.82) is 0 Å². The summed E-state index contributed by atoms with van der Waals surface area (Å²) in [5.41, 5.74) is 7.63. The van der Waals surface area contributed by atoms with Crippen LogP contribution in [-0.4, -0.2) is 29.4 Å². The summed E-state index contributed by atoms with van der Waals surface area (Å²) in [7, 11) is 0. The summed E-state index contributed by atoms with van der Waals surface area (Å²) in [6.45, 7) is 5.45. The Balaban J connectivity index is 1.44. The second kappa shape index (κ2) is 10.5. The topological polar surface area (TPSA) is 67.0 Å². The third-order valence-electron chi connectivity index (χ3n) is 7.88. The van der Waals surface area contributed by atoms with E-state index in [0.29, 0.717) is 22.5 Å². The van der Waals surface area contributed by atoms with Crippen molar-refractivity contribution in [3.8, 4) is 16.8 Å². The van der Waals surface area contributed by atoms with Crippen molar-refractivity contribution in [3.63, 3.8) is 0 Å². The van der Waals surface area contributed by atoms with Crippen LogP contribution in [0.1, 0.15) is 33.2 Å². The van der Waals surface area contributed by atoms with Gasteiger partial charge in [0.05, 0.1) is 33.5 Å². The number of aliphatic imine (C=N–C) groups is 2. The number of benzene rings is 5. The first-order valence-corrected chi connectivity index (χ1v) is 13.9. The average Bonchev–Trinajstić information content (AvgIpc) is 3.52. The Bertz CT molecular complexity index is 2150. The fraction of sp³-hybridized carbons (Fsp3) is 0.0270. The third-order valence-corrected chi connectivity index (χ3v) is 7.88. The van der Waals surface area contributed by atoms with Crippen LogP contribution in [0.5, 0.6) is 0 Å². The molecule has 0 saturated carbocycles. The van der Waals surface area contributed by atoms with E-state index >= 15 is 0 Å². The molecule has 0 fully saturated rings. The predicted molar refractivity (Wildman–Crippen MR) is 175 cm³/mol. The van der Waals surface area contributed by atoms with Gasteiger partial charge in [0, 0.05) is 22.5 Å². The lowest BCUT2D eigenvalue weighted by Gasteiger charge is -2.16. The van der Waals surface area contributed by atoms with E-state index in [0.717, 1.165) is 44.1 Å². The molecule has 0 bridgehead atoms. The maximum Gasteiger partial charge on any atom is 0.268 e. The number of allylic oxidation sites excluding steroid dienone is 1. The molecule has 0 saturated heterocycles. The molecule has 6 aromatic rings. The van der Waals surface area contributed by atoms with Crippen molar-refractivity contribution < 1.29 is 9.59 Å². The van der Waals surface area contributed by atoms with E-state index in [-0.39, 0.29) is 11.8 Å². The van der Waals surface area contributed by atoms with Crippen LogP contribution in [0.25, 0.3) is 44.2 Å². The molecule has 0 aliphatic carbocycles. The van der Waals surface area contributed by atoms with Crippen molar-refractivity contribution in [2.75, 3.05) is 4.90 Å². The Hall–Kier alpha value is -5.88. The molecule has 1 aliphatic heterocycles. The van der Waals surface area contributed by atoms with Gasteiger partial charge < -0.3 is 4.57 Å². The minimum absolute atomic E-state index is 0.338. The number of amides is 2. The molecule has 5 aromatic carbocycles. The molecule has 6 heteroatoms. The van der Waals surface area contributed by atoms with Gasteiger partial charge >= 0.3 is 0 Å². The fourth-order valence-corrected chi connectivity index (χ4v) is 5.99. The van der Waals surface area contributed by atoms with Crippen LogP contribution in [0.2, 0.25) is 0 Å². The molecular formula is C37H26N4O2. The van der Waals surface area contributed by atoms with Crippen LogP contribution in [0, 0.1) is 0 Å². The number of imide groups is 1. The van der Waals surface area contributed by atoms with Gasteiger partial charge in [-0.3, -0.25) is 14.6 Å². The van der Waals surface area contributed by atoms with E-state index in [4.69, 9.17) is 0 Å². The monoisotopic (exact) mass is 558 g/mol. The predicted octanol–water partition coefficient (Wildman–Crippen LogP) is 8.34. The summed E-state index contributed by atoms with van der Waals surface area (Å²) in [5, 5.41) is 2.08. The first-order chi connectivity index (χ1) is 21.1. The van der Waals surface area contributed by atoms with Crippen LogP contribution in [-0.2, 0) is 0 Å². The van der Waals surface area contributed by atoms with Gasteiger partial charge in [-0.25, -0.2) is 9.89 Å². The van der Waals surface area contributed by atoms with Gasteiger partial charge in [-0.15, -0.1) is 0 Å². The van der Waals surface area contributed by atoms with Crippen molar-refractivity contribution in [3.05, 3.63) is 138 Å². The highest BCUT2D eigenvalue weighted by atomic mass is 16.2. The number of hydrogen-bond donors (Lipinski definition) is 0. The molecule has 1 aliphatic rings. The molecule has 7 rings (SSSR count). The van der Waals surface area contributed by atoms with E-state index in [1.54, 1.807) is 18.3 Å². The minimum atomic E-state index is -0.349. The zero-order valence-corrected chi connectivity index (χ0v) is 23.4. The molecular weight excluding hydrogens is 532 g/mol. The Morgan fingerprint density at radius 3 is 2.30 bits per heavy atom. The fourth-order valence-electron chi connectivity index (χ4n) is 5.99. The average molecular weight is 559 g/mol. The molecule has 0 radical (unpaired) electrons. The highest BCUT2D eigenvalue weighted by Gasteiger charge is 2.39. The normalized spacial score (nSPS) is 13.4. The summed E-state index contributed by atoms with van der Waals surface area (Å²) in [6.07, 6.45) is 3.14. The van der Waals surface area contributed by atoms with Gasteiger partial charge in [-0.2, -0.15) is 0 Å². The number of nitrogens with zero attached hydrogens (tertiary/aromatic N) is 4. The van der Waals surface area contributed by atoms with Crippen LogP contribution < -0.4 is 4.90 Å². The van der Waals surface area contributed by atoms with Crippen molar-refractivity contribution in [2.24, 2.45) is 9.98 Å². The summed E-state index contributed by atoms with van der Waals surface area (Å²) >= 11 is 0. The second-order valence-corrected chi connectivity index (χ2v) is 10.4. The van der Waals surface area contributed by atoms with Crippen LogP contribution in [0.4, 0.5) is 5.69 Å². The molecule has 0 spiro atoms. The lowest BCUT2D eigenvalue weighted by molar-refractivity contribution is 0.0926. The Labute approximate surface area is 248 Å². The number of aromatic nitrogens is 1. The summed E-state index contributed by atoms with van der Waals surface area (Å²) in [5.74, 6) is -0.687. The van der Waals surface area contributed by atoms with Gasteiger partial charge in [0.15, 0.2) is 0 Å². The molecule has 0 unspecified atom stereocenters. The van der Waals surface area contributed by atoms with E-state index in [1.165, 1.54) is 11.2 Å². The molecule has 0 N–H and O–H groups in total. The van der Waals surface area contributed by atoms with Gasteiger partial charge in [-0.05, 0) is 60.7 Å². The molecule has 43 heavy (non-hydrogen) atoms. The van der Waals surface area contributed by atoms with Gasteiger partial charge in [0.1, 0.15) is 6.34 Å². The first-order valence-electron chi connectivity index (χ1n) is 13.9. The Morgan fingerprint density at radius 2 is 1.47 bits per heavy atom. The quantitative estimate of drug-likeness (QED) is 0.117. The van der Waals surface area contributed by atoms with Gasteiger partial charge in [0.25, 0.3) is 11.8 Å². The van der Waals surface area contributed by atoms with Gasteiger partial charge in [0.2, 0.25) is 0 Å². The highest BCUT2D eigenvalue weighted by Crippen LogP contribution is 2.40. The van der Waals surface area contributed by atoms with E-state index in [1.807, 2.05) is 97.9 Å². The molecule has 206 valence electrons. The number of carbonyl (C=O) groups is 2. The maximum absolute atomic E-state index is 14.3. The standard InChI is InChI=1S/C37H26N4O2/c1-24(22-39-23-38-2)28-16-9-17-30-29-15-6-7-19-32(29)41(35(28)30)33-20-10-18-31-34(33)37(43)40(36(31)42)27-14-8-13-26(21-27)25-11-4-3-5-12-25/h3-23H,2H2,1H3/b24-22+,39-23-. The number of carbonyl (C=O) groups excluding carboxylic acids is 2. The number of anilines is 1. The Kier molecular flexibility index (Phi) is 6.36. The van der Waals surface area contributed by atoms with Crippen LogP contribution in [0.3, 0.4) is 0 Å². The van der Waals surface area contributed by atoms with E-state index in [2.05, 4.69) is 33.4 Å². The first kappa shape index (κ1) is 26.0. The lowest BCUT2D eigenvalue weighted by atomic mass is 10.0. The molecule has 6 nitrogen and oxygen atoms in total. The van der Waals surface area contributed by atoms with E-state index in [9.17, 15) is 9.59 Å². The Morgan fingerprint density at radius 1 is 0.744 bits per heavy atom. The zero-order valence-electron chi connectivity index (χ0n) is 23.4. The smallest absolute Gasteiger partial charge is 0.268 e. The molecule has 0 atom stereocenters. The van der Waals surface area contributed by atoms with Crippen LogP contribution >= 0.6 is 0 Å². The SMILES string of the molecule is C=N/C=N\C=C(/C)c1cccc2c3ccccc3n(-c3cccc4c3C(=O)N(c3cccc(-c5ccccc5)c3)C4=O)c12. The third kappa shape index (κ3) is 4.19. The number of rotatable bonds is 6. The molecule has 1 aromatic heterocycles. The molecule has 2 amide bonds. The van der Waals surface area contributed by atoms with Gasteiger partial charge in [-0.1, -0.05) is 84.9 Å². The summed E-state index contributed by atoms with van der Waals surface area (Å²) < 4.78 is 2.10. The highest BCUT2D eigenvalue weighted by molar-refractivity contribution is 6.36.